The van der Waals surface area contributed by atoms with Gasteiger partial charge in [0.25, 0.3) is 0 Å². The molecule has 2 aromatic rings. The van der Waals surface area contributed by atoms with Gasteiger partial charge in [0.1, 0.15) is 5.75 Å². The summed E-state index contributed by atoms with van der Waals surface area (Å²) in [5, 5.41) is 13.2. The van der Waals surface area contributed by atoms with Crippen molar-refractivity contribution in [1.29, 1.82) is 0 Å². The summed E-state index contributed by atoms with van der Waals surface area (Å²) < 4.78 is 5.15. The molecule has 2 aromatic carbocycles. The molecule has 0 saturated heterocycles. The van der Waals surface area contributed by atoms with E-state index in [2.05, 4.69) is 16.4 Å². The summed E-state index contributed by atoms with van der Waals surface area (Å²) in [5.41, 5.74) is 9.82. The standard InChI is InChI=1S/C18H23N3O2.HI/c1-12-7-13(2)9-15(8-12)21-18(19)20-11-17(22)14-5-4-6-16(10-14)23-3;/h4-10,17,22H,11H2,1-3H3,(H3,19,20,21);1H. The van der Waals surface area contributed by atoms with Gasteiger partial charge in [-0.15, -0.1) is 24.0 Å². The van der Waals surface area contributed by atoms with Crippen LogP contribution in [0.3, 0.4) is 0 Å². The highest BCUT2D eigenvalue weighted by Gasteiger charge is 2.08. The monoisotopic (exact) mass is 441 g/mol. The first kappa shape index (κ1) is 20.2. The van der Waals surface area contributed by atoms with Gasteiger partial charge in [0.05, 0.1) is 19.8 Å². The Labute approximate surface area is 160 Å². The second-order valence-corrected chi connectivity index (χ2v) is 5.52. The van der Waals surface area contributed by atoms with E-state index < -0.39 is 6.10 Å². The maximum atomic E-state index is 10.2. The van der Waals surface area contributed by atoms with Crippen molar-refractivity contribution in [1.82, 2.24) is 0 Å². The number of ether oxygens (including phenoxy) is 1. The molecule has 0 radical (unpaired) electrons. The smallest absolute Gasteiger partial charge is 0.193 e. The van der Waals surface area contributed by atoms with Gasteiger partial charge in [0.2, 0.25) is 0 Å². The Morgan fingerprint density at radius 3 is 2.50 bits per heavy atom. The second kappa shape index (κ2) is 9.48. The first-order chi connectivity index (χ1) is 11.0. The summed E-state index contributed by atoms with van der Waals surface area (Å²) in [7, 11) is 1.59. The van der Waals surface area contributed by atoms with E-state index in [1.807, 2.05) is 44.2 Å². The molecule has 2 rings (SSSR count). The summed E-state index contributed by atoms with van der Waals surface area (Å²) >= 11 is 0. The van der Waals surface area contributed by atoms with Gasteiger partial charge in [-0.25, -0.2) is 0 Å². The Kier molecular flexibility index (Phi) is 8.00. The third kappa shape index (κ3) is 6.01. The number of rotatable bonds is 5. The van der Waals surface area contributed by atoms with Gasteiger partial charge in [-0.3, -0.25) is 4.99 Å². The highest BCUT2D eigenvalue weighted by atomic mass is 127. The Bertz CT molecular complexity index is 684. The van der Waals surface area contributed by atoms with Crippen LogP contribution in [0.25, 0.3) is 0 Å². The zero-order valence-corrected chi connectivity index (χ0v) is 16.4. The molecule has 0 bridgehead atoms. The second-order valence-electron chi connectivity index (χ2n) is 5.52. The van der Waals surface area contributed by atoms with Gasteiger partial charge in [0, 0.05) is 5.69 Å². The van der Waals surface area contributed by atoms with Crippen molar-refractivity contribution < 1.29 is 9.84 Å². The molecule has 1 unspecified atom stereocenters. The predicted molar refractivity (Wildman–Crippen MR) is 109 cm³/mol. The van der Waals surface area contributed by atoms with E-state index in [0.717, 1.165) is 22.4 Å². The molecule has 0 aromatic heterocycles. The van der Waals surface area contributed by atoms with Crippen molar-refractivity contribution in [2.45, 2.75) is 20.0 Å². The molecule has 0 heterocycles. The Hall–Kier alpha value is -1.80. The van der Waals surface area contributed by atoms with E-state index in [9.17, 15) is 5.11 Å². The normalized spacial score (nSPS) is 12.2. The lowest BCUT2D eigenvalue weighted by Crippen LogP contribution is -2.23. The number of aliphatic hydroxyl groups is 1. The van der Waals surface area contributed by atoms with Crippen molar-refractivity contribution >= 4 is 35.6 Å². The van der Waals surface area contributed by atoms with Crippen molar-refractivity contribution in [3.63, 3.8) is 0 Å². The molecular formula is C18H24IN3O2. The highest BCUT2D eigenvalue weighted by molar-refractivity contribution is 14.0. The molecule has 6 heteroatoms. The van der Waals surface area contributed by atoms with Gasteiger partial charge >= 0.3 is 0 Å². The van der Waals surface area contributed by atoms with Crippen molar-refractivity contribution in [3.8, 4) is 5.75 Å². The minimum Gasteiger partial charge on any atom is -0.497 e. The van der Waals surface area contributed by atoms with Crippen LogP contribution >= 0.6 is 24.0 Å². The molecule has 24 heavy (non-hydrogen) atoms. The van der Waals surface area contributed by atoms with Gasteiger partial charge in [0.15, 0.2) is 5.96 Å². The van der Waals surface area contributed by atoms with Gasteiger partial charge in [-0.1, -0.05) is 18.2 Å². The number of nitrogens with one attached hydrogen (secondary N) is 1. The first-order valence-corrected chi connectivity index (χ1v) is 7.45. The molecule has 130 valence electrons. The predicted octanol–water partition coefficient (Wildman–Crippen LogP) is 3.39. The number of aliphatic hydroxyl groups excluding tert-OH is 1. The SMILES string of the molecule is COc1cccc(C(O)CN=C(N)Nc2cc(C)cc(C)c2)c1.I. The van der Waals surface area contributed by atoms with Crippen LogP contribution in [0, 0.1) is 13.8 Å². The number of hydrogen-bond donors (Lipinski definition) is 3. The molecule has 0 aliphatic carbocycles. The minimum atomic E-state index is -0.732. The van der Waals surface area contributed by atoms with E-state index in [-0.39, 0.29) is 36.5 Å². The van der Waals surface area contributed by atoms with E-state index in [0.29, 0.717) is 5.75 Å². The van der Waals surface area contributed by atoms with Crippen LogP contribution in [0.15, 0.2) is 47.5 Å². The zero-order valence-electron chi connectivity index (χ0n) is 14.1. The molecule has 5 nitrogen and oxygen atoms in total. The quantitative estimate of drug-likeness (QED) is 0.378. The van der Waals surface area contributed by atoms with Crippen molar-refractivity contribution in [2.75, 3.05) is 19.0 Å². The van der Waals surface area contributed by atoms with E-state index in [1.165, 1.54) is 0 Å². The number of nitrogens with two attached hydrogens (primary N) is 1. The van der Waals surface area contributed by atoms with E-state index in [4.69, 9.17) is 10.5 Å². The third-order valence-corrected chi connectivity index (χ3v) is 3.41. The minimum absolute atomic E-state index is 0. The van der Waals surface area contributed by atoms with Crippen LogP contribution in [0.2, 0.25) is 0 Å². The van der Waals surface area contributed by atoms with E-state index >= 15 is 0 Å². The third-order valence-electron chi connectivity index (χ3n) is 3.41. The lowest BCUT2D eigenvalue weighted by molar-refractivity contribution is 0.187. The molecular weight excluding hydrogens is 417 g/mol. The summed E-state index contributed by atoms with van der Waals surface area (Å²) in [6.45, 7) is 4.23. The molecule has 0 fully saturated rings. The maximum absolute atomic E-state index is 10.2. The maximum Gasteiger partial charge on any atom is 0.193 e. The number of guanidine groups is 1. The van der Waals surface area contributed by atoms with Crippen LogP contribution in [0.4, 0.5) is 5.69 Å². The average Bonchev–Trinajstić information content (AvgIpc) is 2.51. The molecule has 0 aliphatic rings. The van der Waals surface area contributed by atoms with Gasteiger partial charge in [-0.2, -0.15) is 0 Å². The average molecular weight is 441 g/mol. The number of anilines is 1. The zero-order chi connectivity index (χ0) is 16.8. The fourth-order valence-electron chi connectivity index (χ4n) is 2.37. The number of methoxy groups -OCH3 is 1. The highest BCUT2D eigenvalue weighted by Crippen LogP contribution is 2.19. The number of nitrogens with zero attached hydrogens (tertiary/aromatic N) is 1. The molecule has 4 N–H and O–H groups in total. The molecule has 0 amide bonds. The van der Waals surface area contributed by atoms with Crippen molar-refractivity contribution in [2.24, 2.45) is 10.7 Å². The number of aliphatic imine (C=N–C) groups is 1. The number of aryl methyl sites for hydroxylation is 2. The summed E-state index contributed by atoms with van der Waals surface area (Å²) in [5.74, 6) is 0.976. The largest absolute Gasteiger partial charge is 0.497 e. The summed E-state index contributed by atoms with van der Waals surface area (Å²) in [6, 6.07) is 13.4. The van der Waals surface area contributed by atoms with Crippen molar-refractivity contribution in [3.05, 3.63) is 59.2 Å². The first-order valence-electron chi connectivity index (χ1n) is 7.45. The Balaban J connectivity index is 0.00000288. The number of hydrogen-bond acceptors (Lipinski definition) is 3. The number of halogens is 1. The van der Waals surface area contributed by atoms with Crippen LogP contribution in [-0.2, 0) is 0 Å². The molecule has 0 spiro atoms. The fourth-order valence-corrected chi connectivity index (χ4v) is 2.37. The lowest BCUT2D eigenvalue weighted by atomic mass is 10.1. The molecule has 0 aliphatic heterocycles. The van der Waals surface area contributed by atoms with E-state index in [1.54, 1.807) is 13.2 Å². The van der Waals surface area contributed by atoms with Crippen LogP contribution in [0.1, 0.15) is 22.8 Å². The van der Waals surface area contributed by atoms with Crippen LogP contribution < -0.4 is 15.8 Å². The molecule has 0 saturated carbocycles. The van der Waals surface area contributed by atoms with Crippen LogP contribution in [-0.4, -0.2) is 24.7 Å². The fraction of sp³-hybridized carbons (Fsp3) is 0.278. The van der Waals surface area contributed by atoms with Gasteiger partial charge in [-0.05, 0) is 54.8 Å². The Morgan fingerprint density at radius 2 is 1.88 bits per heavy atom. The van der Waals surface area contributed by atoms with Crippen LogP contribution in [0.5, 0.6) is 5.75 Å². The molecule has 1 atom stereocenters. The Morgan fingerprint density at radius 1 is 1.21 bits per heavy atom. The number of benzene rings is 2. The van der Waals surface area contributed by atoms with Gasteiger partial charge < -0.3 is 20.9 Å². The lowest BCUT2D eigenvalue weighted by Gasteiger charge is -2.11. The topological polar surface area (TPSA) is 79.9 Å². The summed E-state index contributed by atoms with van der Waals surface area (Å²) in [4.78, 5) is 4.20. The summed E-state index contributed by atoms with van der Waals surface area (Å²) in [6.07, 6.45) is -0.732.